The van der Waals surface area contributed by atoms with Crippen molar-refractivity contribution in [3.8, 4) is 0 Å². The van der Waals surface area contributed by atoms with E-state index in [1.54, 1.807) is 0 Å². The third-order valence-corrected chi connectivity index (χ3v) is 9.43. The van der Waals surface area contributed by atoms with Gasteiger partial charge in [-0.1, -0.05) is 31.6 Å². The van der Waals surface area contributed by atoms with Crippen LogP contribution in [0.2, 0.25) is 0 Å². The third kappa shape index (κ3) is 1.69. The lowest BCUT2D eigenvalue weighted by Gasteiger charge is -2.59. The molecule has 5 aliphatic carbocycles. The fourth-order valence-electron chi connectivity index (χ4n) is 8.62. The highest BCUT2D eigenvalue weighted by molar-refractivity contribution is 5.91. The van der Waals surface area contributed by atoms with Crippen molar-refractivity contribution in [3.05, 3.63) is 23.8 Å². The van der Waals surface area contributed by atoms with Crippen LogP contribution in [-0.2, 0) is 9.53 Å². The molecule has 6 rings (SSSR count). The molecule has 0 aromatic rings. The second-order valence-corrected chi connectivity index (χ2v) is 10.2. The van der Waals surface area contributed by atoms with Crippen molar-refractivity contribution in [3.63, 3.8) is 0 Å². The summed E-state index contributed by atoms with van der Waals surface area (Å²) >= 11 is 0. The van der Waals surface area contributed by atoms with Gasteiger partial charge in [0.15, 0.2) is 5.78 Å². The van der Waals surface area contributed by atoms with E-state index in [-0.39, 0.29) is 5.60 Å². The van der Waals surface area contributed by atoms with E-state index in [0.29, 0.717) is 17.1 Å². The first kappa shape index (κ1) is 15.2. The van der Waals surface area contributed by atoms with Crippen LogP contribution in [0.15, 0.2) is 23.8 Å². The Labute approximate surface area is 151 Å². The Morgan fingerprint density at radius 3 is 2.92 bits per heavy atom. The average Bonchev–Trinajstić information content (AvgIpc) is 3.15. The summed E-state index contributed by atoms with van der Waals surface area (Å²) in [6.45, 7) is 5.87. The number of ketones is 1. The Balaban J connectivity index is 1.41. The maximum atomic E-state index is 11.9. The topological polar surface area (TPSA) is 26.3 Å². The highest BCUT2D eigenvalue weighted by atomic mass is 16.5. The van der Waals surface area contributed by atoms with Crippen molar-refractivity contribution in [2.45, 2.75) is 58.0 Å². The third-order valence-electron chi connectivity index (χ3n) is 9.43. The van der Waals surface area contributed by atoms with Gasteiger partial charge < -0.3 is 4.74 Å². The van der Waals surface area contributed by atoms with Gasteiger partial charge in [-0.25, -0.2) is 0 Å². The molecule has 0 radical (unpaired) electrons. The minimum atomic E-state index is 0.0612. The molecule has 1 spiro atoms. The van der Waals surface area contributed by atoms with E-state index < -0.39 is 0 Å². The first-order chi connectivity index (χ1) is 12.1. The molecule has 6 aliphatic rings. The monoisotopic (exact) mass is 338 g/mol. The predicted octanol–water partition coefficient (Wildman–Crippen LogP) is 4.56. The van der Waals surface area contributed by atoms with E-state index in [1.807, 2.05) is 6.08 Å². The van der Waals surface area contributed by atoms with E-state index in [4.69, 9.17) is 4.74 Å². The molecule has 4 fully saturated rings. The molecule has 1 heterocycles. The molecule has 134 valence electrons. The van der Waals surface area contributed by atoms with Gasteiger partial charge in [0, 0.05) is 11.8 Å². The smallest absolute Gasteiger partial charge is 0.155 e. The summed E-state index contributed by atoms with van der Waals surface area (Å²) in [5.41, 5.74) is 1.91. The summed E-state index contributed by atoms with van der Waals surface area (Å²) in [5, 5.41) is 0. The summed E-state index contributed by atoms with van der Waals surface area (Å²) < 4.78 is 6.50. The maximum Gasteiger partial charge on any atom is 0.155 e. The lowest BCUT2D eigenvalue weighted by atomic mass is 9.47. The number of fused-ring (bicyclic) bond motifs is 9. The van der Waals surface area contributed by atoms with Crippen LogP contribution in [0.25, 0.3) is 0 Å². The number of carbonyl (C=O) groups is 1. The standard InChI is InChI=1S/C23H30O2/c1-13-10-14-11-15(24)4-5-16(14)17-6-8-22(2)21(20(13)17)18-12-19(18)23(22)7-3-9-25-23/h3,7,11,13,16-21H,4-6,8-10,12H2,1-2H3/t13-,16?,17-,18+,19-,20-,21+,22+,23+/m1/s1. The Hall–Kier alpha value is -0.890. The zero-order valence-electron chi connectivity index (χ0n) is 15.5. The van der Waals surface area contributed by atoms with E-state index in [1.165, 1.54) is 31.3 Å². The fraction of sp³-hybridized carbons (Fsp3) is 0.783. The van der Waals surface area contributed by atoms with Crippen molar-refractivity contribution in [1.29, 1.82) is 0 Å². The minimum absolute atomic E-state index is 0.0612. The molecule has 0 N–H and O–H groups in total. The van der Waals surface area contributed by atoms with Gasteiger partial charge in [0.25, 0.3) is 0 Å². The summed E-state index contributed by atoms with van der Waals surface area (Å²) in [6.07, 6.45) is 13.9. The summed E-state index contributed by atoms with van der Waals surface area (Å²) in [7, 11) is 0. The van der Waals surface area contributed by atoms with Crippen LogP contribution in [0, 0.1) is 46.8 Å². The molecule has 25 heavy (non-hydrogen) atoms. The highest BCUT2D eigenvalue weighted by Crippen LogP contribution is 2.78. The van der Waals surface area contributed by atoms with Gasteiger partial charge in [0.1, 0.15) is 0 Å². The summed E-state index contributed by atoms with van der Waals surface area (Å²) in [4.78, 5) is 11.9. The van der Waals surface area contributed by atoms with Crippen LogP contribution in [-0.4, -0.2) is 18.0 Å². The van der Waals surface area contributed by atoms with Gasteiger partial charge in [0.2, 0.25) is 0 Å². The van der Waals surface area contributed by atoms with Crippen molar-refractivity contribution in [1.82, 2.24) is 0 Å². The number of rotatable bonds is 0. The van der Waals surface area contributed by atoms with Crippen LogP contribution in [0.1, 0.15) is 52.4 Å². The number of carbonyl (C=O) groups excluding carboxylic acids is 1. The van der Waals surface area contributed by atoms with E-state index in [2.05, 4.69) is 26.0 Å². The second kappa shape index (κ2) is 4.68. The highest BCUT2D eigenvalue weighted by Gasteiger charge is 2.76. The largest absolute Gasteiger partial charge is 0.366 e. The van der Waals surface area contributed by atoms with Gasteiger partial charge >= 0.3 is 0 Å². The lowest BCUT2D eigenvalue weighted by Crippen LogP contribution is -2.56. The molecule has 2 heteroatoms. The van der Waals surface area contributed by atoms with Gasteiger partial charge in [-0.15, -0.1) is 0 Å². The maximum absolute atomic E-state index is 11.9. The van der Waals surface area contributed by atoms with Crippen molar-refractivity contribution in [2.75, 3.05) is 6.61 Å². The predicted molar refractivity (Wildman–Crippen MR) is 96.8 cm³/mol. The molecular formula is C23H30O2. The lowest BCUT2D eigenvalue weighted by molar-refractivity contribution is -0.140. The summed E-state index contributed by atoms with van der Waals surface area (Å²) in [6, 6.07) is 0. The van der Waals surface area contributed by atoms with E-state index in [0.717, 1.165) is 55.0 Å². The molecule has 0 amide bonds. The van der Waals surface area contributed by atoms with Crippen LogP contribution < -0.4 is 0 Å². The average molecular weight is 338 g/mol. The molecule has 4 saturated carbocycles. The molecule has 0 bridgehead atoms. The Morgan fingerprint density at radius 1 is 1.24 bits per heavy atom. The first-order valence-electron chi connectivity index (χ1n) is 10.6. The van der Waals surface area contributed by atoms with Crippen LogP contribution in [0.4, 0.5) is 0 Å². The van der Waals surface area contributed by atoms with Crippen LogP contribution >= 0.6 is 0 Å². The number of allylic oxidation sites excluding steroid dienone is 1. The van der Waals surface area contributed by atoms with E-state index in [9.17, 15) is 4.79 Å². The Kier molecular flexibility index (Phi) is 2.85. The summed E-state index contributed by atoms with van der Waals surface area (Å²) in [5.74, 6) is 6.01. The van der Waals surface area contributed by atoms with E-state index >= 15 is 0 Å². The zero-order chi connectivity index (χ0) is 17.0. The molecule has 1 aliphatic heterocycles. The van der Waals surface area contributed by atoms with Crippen molar-refractivity contribution < 1.29 is 9.53 Å². The molecule has 9 atom stereocenters. The van der Waals surface area contributed by atoms with Gasteiger partial charge in [0.05, 0.1) is 12.2 Å². The Bertz CT molecular complexity index is 705. The minimum Gasteiger partial charge on any atom is -0.366 e. The molecule has 0 saturated heterocycles. The SMILES string of the molecule is C[C@@H]1CC2=CC(=O)CCC2[C@H]2CC[C@@]3(C)[C@@H]([C@H]4C[C@H]4[C@@]34C=CCO4)[C@H]12. The molecule has 2 nitrogen and oxygen atoms in total. The quantitative estimate of drug-likeness (QED) is 0.606. The fourth-order valence-corrected chi connectivity index (χ4v) is 8.62. The van der Waals surface area contributed by atoms with Gasteiger partial charge in [-0.2, -0.15) is 0 Å². The second-order valence-electron chi connectivity index (χ2n) is 10.2. The van der Waals surface area contributed by atoms with Crippen LogP contribution in [0.5, 0.6) is 0 Å². The zero-order valence-corrected chi connectivity index (χ0v) is 15.5. The van der Waals surface area contributed by atoms with Gasteiger partial charge in [-0.3, -0.25) is 4.79 Å². The molecular weight excluding hydrogens is 308 g/mol. The molecule has 0 aromatic carbocycles. The van der Waals surface area contributed by atoms with Crippen molar-refractivity contribution >= 4 is 5.78 Å². The number of hydrogen-bond acceptors (Lipinski definition) is 2. The van der Waals surface area contributed by atoms with Gasteiger partial charge in [-0.05, 0) is 79.6 Å². The number of ether oxygens (including phenoxy) is 1. The first-order valence-corrected chi connectivity index (χ1v) is 10.6. The molecule has 1 unspecified atom stereocenters. The van der Waals surface area contributed by atoms with Crippen molar-refractivity contribution in [2.24, 2.45) is 46.8 Å². The Morgan fingerprint density at radius 2 is 2.12 bits per heavy atom. The van der Waals surface area contributed by atoms with Crippen LogP contribution in [0.3, 0.4) is 0 Å². The molecule has 0 aromatic heterocycles. The normalized spacial score (nSPS) is 58.4. The number of hydrogen-bond donors (Lipinski definition) is 0.